The first-order chi connectivity index (χ1) is 5.74. The molecule has 0 bridgehead atoms. The normalized spacial score (nSPS) is 26.5. The summed E-state index contributed by atoms with van der Waals surface area (Å²) < 4.78 is 5.51. The highest BCUT2D eigenvalue weighted by Gasteiger charge is 2.21. The zero-order valence-electron chi connectivity index (χ0n) is 7.92. The van der Waals surface area contributed by atoms with Crippen molar-refractivity contribution >= 4 is 0 Å². The lowest BCUT2D eigenvalue weighted by molar-refractivity contribution is -0.0370. The monoisotopic (exact) mass is 173 g/mol. The van der Waals surface area contributed by atoms with Crippen LogP contribution < -0.4 is 11.3 Å². The Morgan fingerprint density at radius 1 is 1.67 bits per heavy atom. The van der Waals surface area contributed by atoms with Gasteiger partial charge in [0.2, 0.25) is 0 Å². The van der Waals surface area contributed by atoms with E-state index in [4.69, 9.17) is 10.6 Å². The number of nitrogens with two attached hydrogens (primary N) is 1. The van der Waals surface area contributed by atoms with E-state index in [0.29, 0.717) is 6.04 Å². The molecule has 1 saturated heterocycles. The van der Waals surface area contributed by atoms with Gasteiger partial charge < -0.3 is 4.74 Å². The fraction of sp³-hybridized carbons (Fsp3) is 1.00. The Bertz CT molecular complexity index is 127. The molecule has 4 heteroatoms. The summed E-state index contributed by atoms with van der Waals surface area (Å²) in [6, 6.07) is 0.606. The lowest BCUT2D eigenvalue weighted by atomic mass is 10.2. The topological polar surface area (TPSA) is 50.5 Å². The number of rotatable bonds is 3. The summed E-state index contributed by atoms with van der Waals surface area (Å²) in [5.41, 5.74) is 2.65. The first-order valence-corrected chi connectivity index (χ1v) is 4.53. The third kappa shape index (κ3) is 2.71. The van der Waals surface area contributed by atoms with Crippen LogP contribution in [0.3, 0.4) is 0 Å². The standard InChI is InChI=1S/C8H19N3O/c1-7(2)11-3-4-12-8(6-11)5-10-9/h7-8,10H,3-6,9H2,1-2H3. The number of nitrogens with one attached hydrogen (secondary N) is 1. The zero-order valence-corrected chi connectivity index (χ0v) is 7.92. The van der Waals surface area contributed by atoms with Crippen LogP contribution in [-0.4, -0.2) is 43.3 Å². The molecule has 4 nitrogen and oxygen atoms in total. The minimum atomic E-state index is 0.256. The van der Waals surface area contributed by atoms with Crippen molar-refractivity contribution in [2.75, 3.05) is 26.2 Å². The molecule has 1 fully saturated rings. The molecular formula is C8H19N3O. The highest BCUT2D eigenvalue weighted by atomic mass is 16.5. The molecule has 72 valence electrons. The molecule has 12 heavy (non-hydrogen) atoms. The molecule has 0 aliphatic carbocycles. The third-order valence-electron chi connectivity index (χ3n) is 2.25. The SMILES string of the molecule is CC(C)N1CCOC(CNN)C1. The van der Waals surface area contributed by atoms with Gasteiger partial charge in [0.05, 0.1) is 12.7 Å². The Balaban J connectivity index is 2.30. The second-order valence-electron chi connectivity index (χ2n) is 3.49. The van der Waals surface area contributed by atoms with Crippen molar-refractivity contribution in [3.05, 3.63) is 0 Å². The summed E-state index contributed by atoms with van der Waals surface area (Å²) in [6.07, 6.45) is 0.256. The summed E-state index contributed by atoms with van der Waals surface area (Å²) in [5.74, 6) is 5.23. The van der Waals surface area contributed by atoms with Crippen LogP contribution in [0, 0.1) is 0 Å². The van der Waals surface area contributed by atoms with Crippen LogP contribution in [0.1, 0.15) is 13.8 Å². The van der Waals surface area contributed by atoms with E-state index in [0.717, 1.165) is 26.2 Å². The van der Waals surface area contributed by atoms with Crippen molar-refractivity contribution in [3.8, 4) is 0 Å². The molecule has 0 aromatic heterocycles. The van der Waals surface area contributed by atoms with Gasteiger partial charge in [-0.2, -0.15) is 0 Å². The van der Waals surface area contributed by atoms with E-state index in [1.165, 1.54) is 0 Å². The number of hydrogen-bond acceptors (Lipinski definition) is 4. The molecule has 1 atom stereocenters. The van der Waals surface area contributed by atoms with E-state index >= 15 is 0 Å². The van der Waals surface area contributed by atoms with Crippen LogP contribution in [0.5, 0.6) is 0 Å². The van der Waals surface area contributed by atoms with Crippen molar-refractivity contribution < 1.29 is 4.74 Å². The van der Waals surface area contributed by atoms with Crippen LogP contribution in [0.15, 0.2) is 0 Å². The van der Waals surface area contributed by atoms with Crippen LogP contribution in [0.25, 0.3) is 0 Å². The van der Waals surface area contributed by atoms with Crippen LogP contribution in [0.2, 0.25) is 0 Å². The summed E-state index contributed by atoms with van der Waals surface area (Å²) in [6.45, 7) is 8.00. The third-order valence-corrected chi connectivity index (χ3v) is 2.25. The zero-order chi connectivity index (χ0) is 8.97. The van der Waals surface area contributed by atoms with E-state index in [-0.39, 0.29) is 6.10 Å². The van der Waals surface area contributed by atoms with Crippen LogP contribution in [0.4, 0.5) is 0 Å². The molecule has 1 aliphatic rings. The van der Waals surface area contributed by atoms with Gasteiger partial charge in [-0.15, -0.1) is 0 Å². The predicted molar refractivity (Wildman–Crippen MR) is 48.6 cm³/mol. The number of nitrogens with zero attached hydrogens (tertiary/aromatic N) is 1. The number of ether oxygens (including phenoxy) is 1. The lowest BCUT2D eigenvalue weighted by Crippen LogP contribution is -2.49. The maximum Gasteiger partial charge on any atom is 0.0840 e. The summed E-state index contributed by atoms with van der Waals surface area (Å²) in [5, 5.41) is 0. The molecule has 1 heterocycles. The fourth-order valence-corrected chi connectivity index (χ4v) is 1.47. The largest absolute Gasteiger partial charge is 0.374 e. The first kappa shape index (κ1) is 9.92. The molecule has 0 aromatic rings. The van der Waals surface area contributed by atoms with Gasteiger partial charge in [-0.3, -0.25) is 16.2 Å². The average molecular weight is 173 g/mol. The van der Waals surface area contributed by atoms with E-state index in [1.807, 2.05) is 0 Å². The predicted octanol–water partition coefficient (Wildman–Crippen LogP) is -0.441. The van der Waals surface area contributed by atoms with Crippen molar-refractivity contribution in [3.63, 3.8) is 0 Å². The number of hydrazine groups is 1. The smallest absolute Gasteiger partial charge is 0.0840 e. The second kappa shape index (κ2) is 4.77. The van der Waals surface area contributed by atoms with Gasteiger partial charge in [-0.1, -0.05) is 0 Å². The molecular weight excluding hydrogens is 154 g/mol. The van der Waals surface area contributed by atoms with Gasteiger partial charge in [0.1, 0.15) is 0 Å². The molecule has 0 amide bonds. The summed E-state index contributed by atoms with van der Waals surface area (Å²) in [7, 11) is 0. The summed E-state index contributed by atoms with van der Waals surface area (Å²) >= 11 is 0. The van der Waals surface area contributed by atoms with Crippen LogP contribution >= 0.6 is 0 Å². The molecule has 3 N–H and O–H groups in total. The van der Waals surface area contributed by atoms with E-state index < -0.39 is 0 Å². The number of morpholine rings is 1. The first-order valence-electron chi connectivity index (χ1n) is 4.53. The maximum absolute atomic E-state index is 5.51. The molecule has 1 rings (SSSR count). The van der Waals surface area contributed by atoms with Gasteiger partial charge in [0, 0.05) is 25.7 Å². The Hall–Kier alpha value is -0.160. The summed E-state index contributed by atoms with van der Waals surface area (Å²) in [4.78, 5) is 2.41. The van der Waals surface area contributed by atoms with Crippen molar-refractivity contribution in [2.24, 2.45) is 5.84 Å². The van der Waals surface area contributed by atoms with Crippen LogP contribution in [-0.2, 0) is 4.74 Å². The van der Waals surface area contributed by atoms with Crippen molar-refractivity contribution in [2.45, 2.75) is 26.0 Å². The maximum atomic E-state index is 5.51. The van der Waals surface area contributed by atoms with E-state index in [2.05, 4.69) is 24.2 Å². The minimum absolute atomic E-state index is 0.256. The van der Waals surface area contributed by atoms with E-state index in [1.54, 1.807) is 0 Å². The van der Waals surface area contributed by atoms with Gasteiger partial charge in [-0.25, -0.2) is 0 Å². The van der Waals surface area contributed by atoms with Gasteiger partial charge >= 0.3 is 0 Å². The van der Waals surface area contributed by atoms with Gasteiger partial charge in [0.15, 0.2) is 0 Å². The van der Waals surface area contributed by atoms with E-state index in [9.17, 15) is 0 Å². The molecule has 0 aromatic carbocycles. The fourth-order valence-electron chi connectivity index (χ4n) is 1.47. The Labute approximate surface area is 74.0 Å². The minimum Gasteiger partial charge on any atom is -0.374 e. The van der Waals surface area contributed by atoms with Gasteiger partial charge in [0.25, 0.3) is 0 Å². The Morgan fingerprint density at radius 3 is 3.00 bits per heavy atom. The quantitative estimate of drug-likeness (QED) is 0.449. The van der Waals surface area contributed by atoms with Gasteiger partial charge in [-0.05, 0) is 13.8 Å². The van der Waals surface area contributed by atoms with Crippen molar-refractivity contribution in [1.29, 1.82) is 0 Å². The molecule has 0 radical (unpaired) electrons. The van der Waals surface area contributed by atoms with Crippen molar-refractivity contribution in [1.82, 2.24) is 10.3 Å². The Kier molecular flexibility index (Phi) is 3.94. The molecule has 0 saturated carbocycles. The molecule has 1 unspecified atom stereocenters. The lowest BCUT2D eigenvalue weighted by Gasteiger charge is -2.35. The number of hydrogen-bond donors (Lipinski definition) is 2. The molecule has 1 aliphatic heterocycles. The highest BCUT2D eigenvalue weighted by Crippen LogP contribution is 2.07. The average Bonchev–Trinajstić information content (AvgIpc) is 2.05. The highest BCUT2D eigenvalue weighted by molar-refractivity contribution is 4.74. The second-order valence-corrected chi connectivity index (χ2v) is 3.49. The Morgan fingerprint density at radius 2 is 2.42 bits per heavy atom. The molecule has 0 spiro atoms.